The van der Waals surface area contributed by atoms with E-state index in [1.54, 1.807) is 0 Å². The molecule has 1 aromatic rings. The summed E-state index contributed by atoms with van der Waals surface area (Å²) >= 11 is 0.795. The maximum atomic E-state index is 9.39. The number of rotatable bonds is 5. The summed E-state index contributed by atoms with van der Waals surface area (Å²) in [5, 5.41) is 12.5. The van der Waals surface area contributed by atoms with Gasteiger partial charge < -0.3 is 9.99 Å². The fraction of sp³-hybridized carbons (Fsp3) is 0.250. The Morgan fingerprint density at radius 2 is 1.93 bits per heavy atom. The van der Waals surface area contributed by atoms with Crippen molar-refractivity contribution in [2.24, 2.45) is 0 Å². The van der Waals surface area contributed by atoms with E-state index in [2.05, 4.69) is 9.37 Å². The van der Waals surface area contributed by atoms with Crippen molar-refractivity contribution in [1.82, 2.24) is 0 Å². The number of ether oxygens (including phenoxy) is 1. The summed E-state index contributed by atoms with van der Waals surface area (Å²) in [5.74, 6) is 0.943. The first-order valence-corrected chi connectivity index (χ1v) is 4.51. The van der Waals surface area contributed by atoms with Gasteiger partial charge >= 0.3 is 29.6 Å². The number of hydrogen-bond donors (Lipinski definition) is 0. The van der Waals surface area contributed by atoms with Gasteiger partial charge in [-0.15, -0.1) is 0 Å². The third kappa shape index (κ3) is 5.87. The topological polar surface area (TPSA) is 50.8 Å². The van der Waals surface area contributed by atoms with Crippen LogP contribution in [0.15, 0.2) is 24.3 Å². The molecule has 0 bridgehead atoms. The van der Waals surface area contributed by atoms with Crippen molar-refractivity contribution in [3.8, 4) is 5.75 Å². The fourth-order valence-electron chi connectivity index (χ4n) is 0.766. The van der Waals surface area contributed by atoms with Crippen LogP contribution in [-0.4, -0.2) is 5.94 Å². The van der Waals surface area contributed by atoms with E-state index in [1.807, 2.05) is 31.2 Å². The van der Waals surface area contributed by atoms with E-state index in [0.717, 1.165) is 17.8 Å². The van der Waals surface area contributed by atoms with E-state index in [0.29, 0.717) is 0 Å². The molecular weight excluding hydrogens is 215 g/mol. The molecule has 0 aromatic heterocycles. The van der Waals surface area contributed by atoms with E-state index in [1.165, 1.54) is 5.56 Å². The number of aryl methyl sites for hydroxylation is 1. The van der Waals surface area contributed by atoms with Gasteiger partial charge in [0, 0.05) is 0 Å². The van der Waals surface area contributed by atoms with Gasteiger partial charge in [-0.3, -0.25) is 5.04 Å². The maximum absolute atomic E-state index is 9.39. The molecule has 0 N–H and O–H groups in total. The number of benzene rings is 1. The molecule has 0 aliphatic heterocycles. The molecule has 0 radical (unpaired) electrons. The molecule has 0 saturated heterocycles. The van der Waals surface area contributed by atoms with Crippen LogP contribution in [0.2, 0.25) is 0 Å². The van der Waals surface area contributed by atoms with Crippen molar-refractivity contribution in [3.05, 3.63) is 29.8 Å². The van der Waals surface area contributed by atoms with Gasteiger partial charge in [0.2, 0.25) is 0 Å². The summed E-state index contributed by atoms with van der Waals surface area (Å²) in [7, 11) is 0. The van der Waals surface area contributed by atoms with Crippen molar-refractivity contribution in [2.45, 2.75) is 6.92 Å². The third-order valence-corrected chi connectivity index (χ3v) is 1.74. The first-order chi connectivity index (χ1) is 6.33. The van der Waals surface area contributed by atoms with Gasteiger partial charge in [-0.05, 0) is 19.1 Å². The minimum absolute atomic E-state index is 0. The maximum Gasteiger partial charge on any atom is 1.00 e. The summed E-state index contributed by atoms with van der Waals surface area (Å²) in [6.07, 6.45) is 0. The summed E-state index contributed by atoms with van der Waals surface area (Å²) in [6.45, 7) is 1.99. The standard InChI is InChI=1S/C8H10O4S.Na/c1-7-2-4-8(5-3-7)10-6-13-12-11-9;/h2-5,9H,6H2,1H3;/q;+1/p-1. The van der Waals surface area contributed by atoms with Gasteiger partial charge in [0.05, 0.1) is 12.0 Å². The molecule has 0 heterocycles. The van der Waals surface area contributed by atoms with E-state index in [-0.39, 0.29) is 35.5 Å². The zero-order chi connectivity index (χ0) is 9.52. The van der Waals surface area contributed by atoms with Gasteiger partial charge in [-0.1, -0.05) is 17.7 Å². The molecule has 0 aliphatic rings. The van der Waals surface area contributed by atoms with Crippen LogP contribution in [0.5, 0.6) is 5.75 Å². The van der Waals surface area contributed by atoms with E-state index in [4.69, 9.17) is 4.74 Å². The molecule has 72 valence electrons. The van der Waals surface area contributed by atoms with Gasteiger partial charge in [0.25, 0.3) is 0 Å². The van der Waals surface area contributed by atoms with Crippen LogP contribution in [0.4, 0.5) is 0 Å². The Morgan fingerprint density at radius 1 is 1.29 bits per heavy atom. The van der Waals surface area contributed by atoms with Crippen LogP contribution in [0, 0.1) is 6.92 Å². The van der Waals surface area contributed by atoms with Crippen LogP contribution in [0.1, 0.15) is 5.56 Å². The zero-order valence-electron chi connectivity index (χ0n) is 8.06. The molecule has 0 atom stereocenters. The van der Waals surface area contributed by atoms with E-state index in [9.17, 15) is 5.26 Å². The van der Waals surface area contributed by atoms with Crippen LogP contribution in [0.25, 0.3) is 0 Å². The Kier molecular flexibility index (Phi) is 8.70. The summed E-state index contributed by atoms with van der Waals surface area (Å²) in [5.41, 5.74) is 1.17. The van der Waals surface area contributed by atoms with E-state index < -0.39 is 0 Å². The van der Waals surface area contributed by atoms with Crippen molar-refractivity contribution < 1.29 is 48.9 Å². The molecule has 0 saturated carbocycles. The number of hydrogen-bond acceptors (Lipinski definition) is 5. The normalized spacial score (nSPS) is 9.29. The Hall–Kier alpha value is 0.250. The van der Waals surface area contributed by atoms with Gasteiger partial charge in [0.1, 0.15) is 5.75 Å². The molecule has 0 aliphatic carbocycles. The van der Waals surface area contributed by atoms with Crippen LogP contribution < -0.4 is 39.6 Å². The van der Waals surface area contributed by atoms with E-state index >= 15 is 0 Å². The minimum atomic E-state index is 0. The molecular formula is C8H9NaO4S. The zero-order valence-corrected chi connectivity index (χ0v) is 10.9. The molecule has 4 nitrogen and oxygen atoms in total. The second kappa shape index (κ2) is 8.55. The molecule has 1 aromatic carbocycles. The van der Waals surface area contributed by atoms with Gasteiger partial charge in [-0.2, -0.15) is 4.33 Å². The first-order valence-electron chi connectivity index (χ1n) is 3.60. The average Bonchev–Trinajstić information content (AvgIpc) is 2.15. The second-order valence-electron chi connectivity index (χ2n) is 2.33. The molecule has 0 spiro atoms. The monoisotopic (exact) mass is 224 g/mol. The Morgan fingerprint density at radius 3 is 2.50 bits per heavy atom. The SMILES string of the molecule is Cc1ccc(OCSOO[O-])cc1.[Na+]. The van der Waals surface area contributed by atoms with Crippen molar-refractivity contribution in [1.29, 1.82) is 0 Å². The molecule has 1 rings (SSSR count). The minimum Gasteiger partial charge on any atom is -0.691 e. The van der Waals surface area contributed by atoms with Crippen molar-refractivity contribution in [2.75, 3.05) is 5.94 Å². The molecule has 6 heteroatoms. The Bertz CT molecular complexity index is 242. The predicted octanol–water partition coefficient (Wildman–Crippen LogP) is -1.79. The van der Waals surface area contributed by atoms with Crippen molar-refractivity contribution in [3.63, 3.8) is 0 Å². The van der Waals surface area contributed by atoms with Crippen LogP contribution in [-0.2, 0) is 9.37 Å². The largest absolute Gasteiger partial charge is 1.00 e. The van der Waals surface area contributed by atoms with Crippen LogP contribution in [0.3, 0.4) is 0 Å². The molecule has 0 unspecified atom stereocenters. The van der Waals surface area contributed by atoms with Crippen molar-refractivity contribution >= 4 is 12.0 Å². The summed E-state index contributed by atoms with van der Waals surface area (Å²) in [6, 6.07) is 7.55. The third-order valence-electron chi connectivity index (χ3n) is 1.37. The molecule has 0 fully saturated rings. The molecule has 0 amide bonds. The Labute approximate surface area is 109 Å². The fourth-order valence-corrected chi connectivity index (χ4v) is 1.03. The predicted molar refractivity (Wildman–Crippen MR) is 46.4 cm³/mol. The van der Waals surface area contributed by atoms with Crippen LogP contribution >= 0.6 is 12.0 Å². The average molecular weight is 224 g/mol. The van der Waals surface area contributed by atoms with Gasteiger partial charge in [0.15, 0.2) is 5.94 Å². The smallest absolute Gasteiger partial charge is 0.691 e. The molecule has 14 heavy (non-hydrogen) atoms. The quantitative estimate of drug-likeness (QED) is 0.148. The summed E-state index contributed by atoms with van der Waals surface area (Å²) < 4.78 is 9.20. The first kappa shape index (κ1) is 14.2. The second-order valence-corrected chi connectivity index (χ2v) is 2.94. The Balaban J connectivity index is 0.00000169. The van der Waals surface area contributed by atoms with Gasteiger partial charge in [-0.25, -0.2) is 0 Å². The summed E-state index contributed by atoms with van der Waals surface area (Å²) in [4.78, 5) is 0.